The third kappa shape index (κ3) is 8.63. The van der Waals surface area contributed by atoms with Crippen LogP contribution in [-0.4, -0.2) is 19.5 Å². The number of hydrogen-bond acceptors (Lipinski definition) is 11. The third-order valence-corrected chi connectivity index (χ3v) is 13.2. The molecule has 0 saturated heterocycles. The average Bonchev–Trinajstić information content (AvgIpc) is 3.99. The highest BCUT2D eigenvalue weighted by atomic mass is 15.0. The fourth-order valence-electron chi connectivity index (χ4n) is 9.72. The second kappa shape index (κ2) is 19.7. The van der Waals surface area contributed by atoms with E-state index >= 15 is 0 Å². The van der Waals surface area contributed by atoms with Crippen LogP contribution in [0.2, 0.25) is 0 Å². The quantitative estimate of drug-likeness (QED) is 0.139. The van der Waals surface area contributed by atoms with Crippen LogP contribution < -0.4 is 0 Å². The summed E-state index contributed by atoms with van der Waals surface area (Å²) in [6.07, 6.45) is 0. The van der Waals surface area contributed by atoms with Crippen molar-refractivity contribution in [3.8, 4) is 133 Å². The number of fused-ring (bicyclic) bond motifs is 3. The van der Waals surface area contributed by atoms with Crippen molar-refractivity contribution < 1.29 is 0 Å². The van der Waals surface area contributed by atoms with Gasteiger partial charge in [-0.05, 0) is 130 Å². The van der Waals surface area contributed by atoms with E-state index in [1.807, 2.05) is 109 Å². The molecule has 0 bridgehead atoms. The fourth-order valence-corrected chi connectivity index (χ4v) is 9.72. The lowest BCUT2D eigenvalue weighted by atomic mass is 9.90. The van der Waals surface area contributed by atoms with Crippen molar-refractivity contribution in [3.05, 3.63) is 226 Å². The number of rotatable bonds is 8. The minimum atomic E-state index is 0.219. The minimum absolute atomic E-state index is 0.219. The van der Waals surface area contributed by atoms with E-state index in [0.717, 1.165) is 11.1 Å². The van der Waals surface area contributed by atoms with E-state index in [2.05, 4.69) is 53.1 Å². The lowest BCUT2D eigenvalue weighted by molar-refractivity contribution is 1.07. The molecule has 11 rings (SSSR count). The van der Waals surface area contributed by atoms with Crippen molar-refractivity contribution in [2.24, 2.45) is 0 Å². The summed E-state index contributed by atoms with van der Waals surface area (Å²) in [6, 6.07) is 71.8. The molecule has 12 nitrogen and oxygen atoms in total. The van der Waals surface area contributed by atoms with Crippen LogP contribution in [-0.2, 0) is 0 Å². The molecule has 0 amide bonds. The van der Waals surface area contributed by atoms with E-state index in [1.54, 1.807) is 60.7 Å². The van der Waals surface area contributed by atoms with Gasteiger partial charge in [0.1, 0.15) is 0 Å². The van der Waals surface area contributed by atoms with Crippen LogP contribution in [0.15, 0.2) is 182 Å². The van der Waals surface area contributed by atoms with Gasteiger partial charge in [-0.2, -0.15) is 42.1 Å². The van der Waals surface area contributed by atoms with Gasteiger partial charge in [-0.3, -0.25) is 0 Å². The van der Waals surface area contributed by atoms with Gasteiger partial charge in [-0.1, -0.05) is 84.9 Å². The van der Waals surface area contributed by atoms with Crippen LogP contribution in [0.25, 0.3) is 106 Å². The fraction of sp³-hybridized carbons (Fsp3) is 0. The highest BCUT2D eigenvalue weighted by Gasteiger charge is 2.26. The first-order valence-corrected chi connectivity index (χ1v) is 23.7. The Kier molecular flexibility index (Phi) is 12.1. The summed E-state index contributed by atoms with van der Waals surface area (Å²) >= 11 is 0. The monoisotopic (exact) mass is 978 g/mol. The topological polar surface area (TPSA) is 234 Å². The number of nitrogens with zero attached hydrogens (tertiary/aromatic N) is 12. The zero-order valence-corrected chi connectivity index (χ0v) is 40.2. The average molecular weight is 979 g/mol. The van der Waals surface area contributed by atoms with E-state index in [1.165, 1.54) is 12.1 Å². The van der Waals surface area contributed by atoms with Crippen molar-refractivity contribution in [1.82, 2.24) is 19.5 Å². The largest absolute Gasteiger partial charge is 0.308 e. The van der Waals surface area contributed by atoms with Gasteiger partial charge >= 0.3 is 0 Å². The molecule has 12 heteroatoms. The van der Waals surface area contributed by atoms with Crippen LogP contribution >= 0.6 is 0 Å². The maximum atomic E-state index is 10.5. The third-order valence-electron chi connectivity index (χ3n) is 13.2. The Morgan fingerprint density at radius 1 is 0.273 bits per heavy atom. The van der Waals surface area contributed by atoms with Crippen LogP contribution in [0.1, 0.15) is 44.5 Å². The minimum Gasteiger partial charge on any atom is -0.308 e. The Balaban J connectivity index is 1.31. The van der Waals surface area contributed by atoms with Gasteiger partial charge < -0.3 is 4.57 Å². The van der Waals surface area contributed by atoms with Crippen LogP contribution in [0, 0.1) is 90.6 Å². The molecule has 2 aromatic heterocycles. The molecule has 0 radical (unpaired) electrons. The molecule has 0 aliphatic carbocycles. The molecular weight excluding hydrogens is 949 g/mol. The van der Waals surface area contributed by atoms with Gasteiger partial charge in [0.25, 0.3) is 0 Å². The molecular formula is C65H30N12. The van der Waals surface area contributed by atoms with Crippen LogP contribution in [0.4, 0.5) is 0 Å². The maximum absolute atomic E-state index is 10.5. The first-order chi connectivity index (χ1) is 37.7. The summed E-state index contributed by atoms with van der Waals surface area (Å²) in [7, 11) is 0. The van der Waals surface area contributed by atoms with Gasteiger partial charge in [-0.15, -0.1) is 0 Å². The second-order valence-corrected chi connectivity index (χ2v) is 17.8. The first kappa shape index (κ1) is 47.1. The maximum Gasteiger partial charge on any atom is 0.164 e. The van der Waals surface area contributed by atoms with Gasteiger partial charge in [0.15, 0.2) is 17.5 Å². The Morgan fingerprint density at radius 2 is 0.649 bits per heavy atom. The molecule has 9 aromatic carbocycles. The van der Waals surface area contributed by atoms with Gasteiger partial charge in [-0.25, -0.2) is 15.0 Å². The molecule has 2 heterocycles. The molecule has 77 heavy (non-hydrogen) atoms. The Bertz CT molecular complexity index is 4320. The number of benzene rings is 9. The van der Waals surface area contributed by atoms with Crippen molar-refractivity contribution in [3.63, 3.8) is 0 Å². The zero-order valence-electron chi connectivity index (χ0n) is 40.2. The molecule has 0 unspecified atom stereocenters. The molecule has 0 fully saturated rings. The zero-order chi connectivity index (χ0) is 53.2. The smallest absolute Gasteiger partial charge is 0.164 e. The van der Waals surface area contributed by atoms with Crippen molar-refractivity contribution in [2.45, 2.75) is 0 Å². The molecule has 0 aliphatic rings. The lowest BCUT2D eigenvalue weighted by Crippen LogP contribution is -2.04. The van der Waals surface area contributed by atoms with Gasteiger partial charge in [0, 0.05) is 38.6 Å². The standard InChI is InChI=1S/C65H30N12/c66-31-39-11-15-54(52(21-39)37-72)47-13-17-60-58(27-47)59-28-48(55-16-12-40(32-67)22-53(55)38-73)14-18-61(59)77(60)62-56(49-23-41(33-68)19-42(24-49)34-69)29-51(30-57(62)50-25-43(35-70)20-44(26-50)36-71)65-75-63(45-7-3-1-4-8-45)74-64(76-65)46-9-5-2-6-10-46/h1-30H. The number of nitriles is 8. The molecule has 11 aromatic rings. The van der Waals surface area contributed by atoms with Gasteiger partial charge in [0.2, 0.25) is 0 Å². The van der Waals surface area contributed by atoms with E-state index in [4.69, 9.17) is 15.0 Å². The summed E-state index contributed by atoms with van der Waals surface area (Å²) < 4.78 is 2.05. The molecule has 0 atom stereocenters. The normalized spacial score (nSPS) is 10.5. The van der Waals surface area contributed by atoms with E-state index in [9.17, 15) is 42.1 Å². The molecule has 350 valence electrons. The molecule has 0 saturated carbocycles. The van der Waals surface area contributed by atoms with Crippen LogP contribution in [0.5, 0.6) is 0 Å². The summed E-state index contributed by atoms with van der Waals surface area (Å²) in [5.74, 6) is 1.08. The highest BCUT2D eigenvalue weighted by Crippen LogP contribution is 2.46. The number of hydrogen-bond donors (Lipinski definition) is 0. The lowest BCUT2D eigenvalue weighted by Gasteiger charge is -2.22. The second-order valence-electron chi connectivity index (χ2n) is 17.8. The molecule has 0 N–H and O–H groups in total. The van der Waals surface area contributed by atoms with E-state index in [0.29, 0.717) is 111 Å². The number of aromatic nitrogens is 4. The van der Waals surface area contributed by atoms with Gasteiger partial charge in [0.05, 0.1) is 110 Å². The van der Waals surface area contributed by atoms with E-state index < -0.39 is 0 Å². The SMILES string of the molecule is N#Cc1cc(C#N)cc(-c2cc(-c3nc(-c4ccccc4)nc(-c4ccccc4)n3)cc(-c3cc(C#N)cc(C#N)c3)c2-n2c3ccc(-c4ccc(C#N)cc4C#N)cc3c3cc(-c4ccc(C#N)cc4C#N)ccc32)c1. The van der Waals surface area contributed by atoms with Crippen molar-refractivity contribution in [2.75, 3.05) is 0 Å². The van der Waals surface area contributed by atoms with Crippen molar-refractivity contribution >= 4 is 21.8 Å². The summed E-state index contributed by atoms with van der Waals surface area (Å²) in [4.78, 5) is 15.1. The summed E-state index contributed by atoms with van der Waals surface area (Å²) in [6.45, 7) is 0. The molecule has 0 spiro atoms. The first-order valence-electron chi connectivity index (χ1n) is 23.7. The summed E-state index contributed by atoms with van der Waals surface area (Å²) in [5.41, 5.74) is 10.5. The molecule has 0 aliphatic heterocycles. The highest BCUT2D eigenvalue weighted by molar-refractivity contribution is 6.13. The van der Waals surface area contributed by atoms with Crippen LogP contribution in [0.3, 0.4) is 0 Å². The van der Waals surface area contributed by atoms with Crippen molar-refractivity contribution in [1.29, 1.82) is 42.1 Å². The summed E-state index contributed by atoms with van der Waals surface area (Å²) in [5, 5.41) is 83.5. The Morgan fingerprint density at radius 3 is 1.01 bits per heavy atom. The Labute approximate surface area is 440 Å². The predicted molar refractivity (Wildman–Crippen MR) is 290 cm³/mol. The van der Waals surface area contributed by atoms with E-state index in [-0.39, 0.29) is 28.1 Å². The Hall–Kier alpha value is -12.3. The predicted octanol–water partition coefficient (Wildman–Crippen LogP) is 13.6.